The van der Waals surface area contributed by atoms with Crippen LogP contribution in [0.15, 0.2) is 30.3 Å². The van der Waals surface area contributed by atoms with Crippen LogP contribution in [0.4, 0.5) is 5.69 Å². The molecule has 2 N–H and O–H groups in total. The van der Waals surface area contributed by atoms with Gasteiger partial charge in [0, 0.05) is 5.69 Å². The fourth-order valence-electron chi connectivity index (χ4n) is 2.20. The molecule has 0 aromatic heterocycles. The van der Waals surface area contributed by atoms with Crippen LogP contribution in [0, 0.1) is 5.92 Å². The monoisotopic (exact) mass is 205 g/mol. The van der Waals surface area contributed by atoms with Crippen LogP contribution in [0.5, 0.6) is 0 Å². The molecule has 1 aromatic rings. The van der Waals surface area contributed by atoms with E-state index >= 15 is 0 Å². The molecule has 0 saturated heterocycles. The number of aliphatic hydroxyl groups excluding tert-OH is 1. The number of aliphatic hydroxyl groups is 1. The van der Waals surface area contributed by atoms with E-state index in [-0.39, 0.29) is 12.1 Å². The minimum Gasteiger partial charge on any atom is -0.394 e. The van der Waals surface area contributed by atoms with Crippen LogP contribution in [0.1, 0.15) is 26.2 Å². The number of anilines is 1. The molecule has 0 amide bonds. The molecule has 1 fully saturated rings. The van der Waals surface area contributed by atoms with Crippen LogP contribution in [0.3, 0.4) is 0 Å². The predicted molar refractivity (Wildman–Crippen MR) is 62.9 cm³/mol. The minimum absolute atomic E-state index is 0.0959. The maximum Gasteiger partial charge on any atom is 0.0664 e. The van der Waals surface area contributed by atoms with Crippen molar-refractivity contribution in [1.82, 2.24) is 0 Å². The third kappa shape index (κ3) is 2.15. The summed E-state index contributed by atoms with van der Waals surface area (Å²) < 4.78 is 0. The number of benzene rings is 1. The van der Waals surface area contributed by atoms with Crippen LogP contribution < -0.4 is 5.32 Å². The first-order chi connectivity index (χ1) is 7.30. The summed E-state index contributed by atoms with van der Waals surface area (Å²) in [5.41, 5.74) is 1.02. The van der Waals surface area contributed by atoms with Crippen LogP contribution in [-0.2, 0) is 0 Å². The fraction of sp³-hybridized carbons (Fsp3) is 0.538. The van der Waals surface area contributed by atoms with Crippen molar-refractivity contribution in [3.8, 4) is 0 Å². The van der Waals surface area contributed by atoms with Gasteiger partial charge in [-0.25, -0.2) is 0 Å². The zero-order valence-corrected chi connectivity index (χ0v) is 9.24. The molecule has 2 nitrogen and oxygen atoms in total. The number of nitrogens with one attached hydrogen (secondary N) is 1. The topological polar surface area (TPSA) is 32.3 Å². The molecule has 1 aliphatic carbocycles. The Balaban J connectivity index is 2.13. The predicted octanol–water partition coefficient (Wildman–Crippen LogP) is 2.65. The van der Waals surface area contributed by atoms with E-state index in [2.05, 4.69) is 24.4 Å². The molecule has 1 aliphatic rings. The Morgan fingerprint density at radius 1 is 1.33 bits per heavy atom. The standard InChI is InChI=1S/C13H19NO/c1-2-13(10-15,11-8-9-11)14-12-6-4-3-5-7-12/h3-7,11,14-15H,2,8-10H2,1H3. The lowest BCUT2D eigenvalue weighted by Gasteiger charge is -2.33. The van der Waals surface area contributed by atoms with Crippen molar-refractivity contribution in [1.29, 1.82) is 0 Å². The SMILES string of the molecule is CCC(CO)(Nc1ccccc1)C1CC1. The highest BCUT2D eigenvalue weighted by atomic mass is 16.3. The van der Waals surface area contributed by atoms with Crippen molar-refractivity contribution in [3.63, 3.8) is 0 Å². The molecule has 2 heteroatoms. The fourth-order valence-corrected chi connectivity index (χ4v) is 2.20. The van der Waals surface area contributed by atoms with Gasteiger partial charge in [-0.2, -0.15) is 0 Å². The van der Waals surface area contributed by atoms with Crippen molar-refractivity contribution in [2.24, 2.45) is 5.92 Å². The maximum absolute atomic E-state index is 9.59. The minimum atomic E-state index is -0.0959. The Morgan fingerprint density at radius 3 is 2.47 bits per heavy atom. The summed E-state index contributed by atoms with van der Waals surface area (Å²) in [6.45, 7) is 2.37. The number of rotatable bonds is 5. The first-order valence-corrected chi connectivity index (χ1v) is 5.75. The number of hydrogen-bond donors (Lipinski definition) is 2. The molecule has 0 radical (unpaired) electrons. The molecule has 0 aliphatic heterocycles. The van der Waals surface area contributed by atoms with E-state index in [9.17, 15) is 5.11 Å². The first kappa shape index (κ1) is 10.5. The second-order valence-corrected chi connectivity index (χ2v) is 4.43. The lowest BCUT2D eigenvalue weighted by atomic mass is 9.90. The lowest BCUT2D eigenvalue weighted by Crippen LogP contribution is -2.43. The third-order valence-corrected chi connectivity index (χ3v) is 3.44. The molecular formula is C13H19NO. The summed E-state index contributed by atoms with van der Waals surface area (Å²) in [7, 11) is 0. The highest BCUT2D eigenvalue weighted by Gasteiger charge is 2.43. The first-order valence-electron chi connectivity index (χ1n) is 5.75. The smallest absolute Gasteiger partial charge is 0.0664 e. The van der Waals surface area contributed by atoms with E-state index in [1.807, 2.05) is 18.2 Å². The summed E-state index contributed by atoms with van der Waals surface area (Å²) in [5, 5.41) is 13.1. The van der Waals surface area contributed by atoms with E-state index in [0.717, 1.165) is 12.1 Å². The van der Waals surface area contributed by atoms with Gasteiger partial charge in [-0.1, -0.05) is 25.1 Å². The van der Waals surface area contributed by atoms with Gasteiger partial charge in [-0.3, -0.25) is 0 Å². The molecule has 2 rings (SSSR count). The Labute approximate surface area is 91.3 Å². The lowest BCUT2D eigenvalue weighted by molar-refractivity contribution is 0.188. The largest absolute Gasteiger partial charge is 0.394 e. The van der Waals surface area contributed by atoms with Gasteiger partial charge in [0.15, 0.2) is 0 Å². The molecule has 1 saturated carbocycles. The molecule has 82 valence electrons. The molecule has 15 heavy (non-hydrogen) atoms. The molecule has 1 atom stereocenters. The van der Waals surface area contributed by atoms with Crippen molar-refractivity contribution in [2.75, 3.05) is 11.9 Å². The number of para-hydroxylation sites is 1. The second kappa shape index (κ2) is 4.23. The quantitative estimate of drug-likeness (QED) is 0.774. The van der Waals surface area contributed by atoms with E-state index < -0.39 is 0 Å². The van der Waals surface area contributed by atoms with Gasteiger partial charge in [0.05, 0.1) is 12.1 Å². The van der Waals surface area contributed by atoms with Gasteiger partial charge in [0.25, 0.3) is 0 Å². The maximum atomic E-state index is 9.59. The molecular weight excluding hydrogens is 186 g/mol. The molecule has 0 heterocycles. The highest BCUT2D eigenvalue weighted by Crippen LogP contribution is 2.43. The Kier molecular flexibility index (Phi) is 2.96. The number of hydrogen-bond acceptors (Lipinski definition) is 2. The summed E-state index contributed by atoms with van der Waals surface area (Å²) in [6.07, 6.45) is 3.46. The third-order valence-electron chi connectivity index (χ3n) is 3.44. The second-order valence-electron chi connectivity index (χ2n) is 4.43. The molecule has 1 aromatic carbocycles. The van der Waals surface area contributed by atoms with Gasteiger partial charge in [-0.15, -0.1) is 0 Å². The van der Waals surface area contributed by atoms with E-state index in [1.165, 1.54) is 12.8 Å². The van der Waals surface area contributed by atoms with Gasteiger partial charge < -0.3 is 10.4 Å². The van der Waals surface area contributed by atoms with E-state index in [1.54, 1.807) is 0 Å². The Morgan fingerprint density at radius 2 is 2.00 bits per heavy atom. The highest BCUT2D eigenvalue weighted by molar-refractivity contribution is 5.46. The summed E-state index contributed by atoms with van der Waals surface area (Å²) in [6, 6.07) is 10.2. The molecule has 1 unspecified atom stereocenters. The van der Waals surface area contributed by atoms with Crippen LogP contribution in [-0.4, -0.2) is 17.3 Å². The average molecular weight is 205 g/mol. The van der Waals surface area contributed by atoms with E-state index in [4.69, 9.17) is 0 Å². The van der Waals surface area contributed by atoms with Crippen LogP contribution in [0.2, 0.25) is 0 Å². The van der Waals surface area contributed by atoms with Crippen molar-refractivity contribution in [3.05, 3.63) is 30.3 Å². The van der Waals surface area contributed by atoms with Crippen molar-refractivity contribution in [2.45, 2.75) is 31.7 Å². The van der Waals surface area contributed by atoms with Crippen molar-refractivity contribution >= 4 is 5.69 Å². The summed E-state index contributed by atoms with van der Waals surface area (Å²) >= 11 is 0. The summed E-state index contributed by atoms with van der Waals surface area (Å²) in [4.78, 5) is 0. The average Bonchev–Trinajstić information content (AvgIpc) is 3.12. The van der Waals surface area contributed by atoms with Gasteiger partial charge >= 0.3 is 0 Å². The summed E-state index contributed by atoms with van der Waals surface area (Å²) in [5.74, 6) is 0.646. The molecule has 0 spiro atoms. The normalized spacial score (nSPS) is 19.6. The van der Waals surface area contributed by atoms with E-state index in [0.29, 0.717) is 5.92 Å². The zero-order valence-electron chi connectivity index (χ0n) is 9.24. The zero-order chi connectivity index (χ0) is 10.7. The Bertz CT molecular complexity index is 302. The Hall–Kier alpha value is -1.02. The van der Waals surface area contributed by atoms with Crippen LogP contribution >= 0.6 is 0 Å². The van der Waals surface area contributed by atoms with Crippen molar-refractivity contribution < 1.29 is 5.11 Å². The van der Waals surface area contributed by atoms with Gasteiger partial charge in [-0.05, 0) is 37.3 Å². The van der Waals surface area contributed by atoms with Gasteiger partial charge in [0.1, 0.15) is 0 Å². The molecule has 0 bridgehead atoms. The van der Waals surface area contributed by atoms with Gasteiger partial charge in [0.2, 0.25) is 0 Å². The van der Waals surface area contributed by atoms with Crippen LogP contribution in [0.25, 0.3) is 0 Å².